The Kier molecular flexibility index (Phi) is 14.1. The first kappa shape index (κ1) is 61.5. The van der Waals surface area contributed by atoms with Crippen molar-refractivity contribution < 1.29 is 0 Å². The number of benzene rings is 10. The molecule has 0 fully saturated rings. The Morgan fingerprint density at radius 3 is 1.54 bits per heavy atom. The predicted molar refractivity (Wildman–Crippen MR) is 404 cm³/mol. The van der Waals surface area contributed by atoms with E-state index >= 15 is 0 Å². The molecular weight excluding hydrogens is 1140 g/mol. The number of thiophene rings is 1. The van der Waals surface area contributed by atoms with Crippen molar-refractivity contribution in [3.05, 3.63) is 273 Å². The first-order valence-electron chi connectivity index (χ1n) is 34.7. The van der Waals surface area contributed by atoms with Gasteiger partial charge in [-0.25, -0.2) is 0 Å². The largest absolute Gasteiger partial charge is 0.311 e. The minimum Gasteiger partial charge on any atom is -0.311 e. The molecule has 0 spiro atoms. The summed E-state index contributed by atoms with van der Waals surface area (Å²) >= 11 is 1.90. The predicted octanol–water partition coefficient (Wildman–Crippen LogP) is 23.0. The Labute approximate surface area is 560 Å². The van der Waals surface area contributed by atoms with Gasteiger partial charge in [-0.3, -0.25) is 0 Å². The molecule has 468 valence electrons. The van der Waals surface area contributed by atoms with Crippen LogP contribution in [0.1, 0.15) is 228 Å². The lowest BCUT2D eigenvalue weighted by Crippen LogP contribution is -2.62. The van der Waals surface area contributed by atoms with Crippen molar-refractivity contribution >= 4 is 71.7 Å². The second kappa shape index (κ2) is 21.4. The van der Waals surface area contributed by atoms with Gasteiger partial charge in [0, 0.05) is 49.1 Å². The topological polar surface area (TPSA) is 3.24 Å². The fraction of sp³-hybridized carbons (Fsp3) is 0.333. The smallest absolute Gasteiger partial charge is 0.247 e. The van der Waals surface area contributed by atoms with Crippen molar-refractivity contribution in [2.75, 3.05) is 4.90 Å². The van der Waals surface area contributed by atoms with Crippen LogP contribution < -0.4 is 21.3 Å². The molecule has 1 unspecified atom stereocenters. The van der Waals surface area contributed by atoms with Gasteiger partial charge in [-0.1, -0.05) is 281 Å². The van der Waals surface area contributed by atoms with Crippen LogP contribution >= 0.6 is 11.3 Å². The van der Waals surface area contributed by atoms with Gasteiger partial charge in [-0.2, -0.15) is 0 Å². The SMILES string of the molecule is CC(C)(C)c1ccc(C(c2ccc(C(C)(C)C)cc2)c2cc3c4c(c2)N(c2ccc5c(c2)C(C)(C)CCC5(C)C)c2cc5c(cc2B4c2cc(-c4ccc6sc7ccccc7c6c4)ccc2C3c2ccc(C(C)(C)C)cc2-c2ccccc2)C(C)(C)CCC5(C)C)cc1. The molecule has 0 radical (unpaired) electrons. The summed E-state index contributed by atoms with van der Waals surface area (Å²) in [6, 6.07) is 80.9. The number of rotatable bonds is 7. The molecule has 0 saturated carbocycles. The lowest BCUT2D eigenvalue weighted by atomic mass is 9.30. The van der Waals surface area contributed by atoms with E-state index in [1.54, 1.807) is 0 Å². The van der Waals surface area contributed by atoms with E-state index in [-0.39, 0.29) is 56.5 Å². The summed E-state index contributed by atoms with van der Waals surface area (Å²) in [5.74, 6) is -0.203. The summed E-state index contributed by atoms with van der Waals surface area (Å²) in [7, 11) is 0. The third-order valence-corrected chi connectivity index (χ3v) is 24.1. The maximum absolute atomic E-state index is 2.80. The van der Waals surface area contributed by atoms with Gasteiger partial charge in [-0.05, 0) is 212 Å². The van der Waals surface area contributed by atoms with Crippen LogP contribution in [-0.2, 0) is 37.9 Å². The number of hydrogen-bond donors (Lipinski definition) is 0. The summed E-state index contributed by atoms with van der Waals surface area (Å²) in [5, 5.41) is 2.66. The number of hydrogen-bond acceptors (Lipinski definition) is 2. The molecule has 0 amide bonds. The molecule has 2 aliphatic heterocycles. The van der Waals surface area contributed by atoms with Crippen LogP contribution in [0.2, 0.25) is 0 Å². The lowest BCUT2D eigenvalue weighted by molar-refractivity contribution is 0.332. The van der Waals surface area contributed by atoms with Crippen molar-refractivity contribution in [2.45, 2.75) is 193 Å². The van der Waals surface area contributed by atoms with E-state index in [1.165, 1.54) is 155 Å². The van der Waals surface area contributed by atoms with Crippen LogP contribution in [0.4, 0.5) is 17.1 Å². The zero-order valence-corrected chi connectivity index (χ0v) is 59.3. The highest BCUT2D eigenvalue weighted by Crippen LogP contribution is 2.54. The third kappa shape index (κ3) is 10.3. The molecule has 11 aromatic rings. The maximum Gasteiger partial charge on any atom is 0.247 e. The minimum atomic E-state index is -0.127. The van der Waals surface area contributed by atoms with Gasteiger partial charge in [0.15, 0.2) is 0 Å². The molecule has 15 rings (SSSR count). The molecule has 0 bridgehead atoms. The summed E-state index contributed by atoms with van der Waals surface area (Å²) in [6.07, 6.45) is 4.60. The zero-order valence-electron chi connectivity index (χ0n) is 58.5. The standard InChI is InChI=1S/C90H94BNS/c1-84(2,3)61-33-27-56(28-34-61)81(57-29-35-62(36-30-57)85(4,5)6)60-48-70-82(66-40-37-63(86(7,8)9)51-68(66)55-23-19-18-20-24-55)67-39-31-59(58-32-42-80-69(47-58)65-25-21-22-26-79(65)93-80)49-75(67)91-76-53-73-74(90(16,17)46-45-89(73,14)15)54-77(76)92(78(50-60)83(70)91)64-38-41-71-72(52-64)88(12,13)44-43-87(71,10)11/h18-42,47-54,81-82H,43-46H2,1-17H3. The van der Waals surface area contributed by atoms with E-state index in [2.05, 4.69) is 323 Å². The zero-order chi connectivity index (χ0) is 65.3. The molecule has 3 heteroatoms. The van der Waals surface area contributed by atoms with Crippen LogP contribution in [0.25, 0.3) is 42.4 Å². The van der Waals surface area contributed by atoms with Gasteiger partial charge < -0.3 is 4.90 Å². The molecular formula is C90H94BNS. The highest BCUT2D eigenvalue weighted by molar-refractivity contribution is 7.25. The second-order valence-corrected chi connectivity index (χ2v) is 35.3. The average Bonchev–Trinajstić information content (AvgIpc) is 0.995. The summed E-state index contributed by atoms with van der Waals surface area (Å²) in [4.78, 5) is 2.80. The van der Waals surface area contributed by atoms with E-state index in [0.29, 0.717) is 0 Å². The van der Waals surface area contributed by atoms with E-state index in [0.717, 1.165) is 19.3 Å². The quantitative estimate of drug-likeness (QED) is 0.114. The van der Waals surface area contributed by atoms with E-state index in [9.17, 15) is 0 Å². The summed E-state index contributed by atoms with van der Waals surface area (Å²) in [5.41, 5.74) is 31.2. The molecule has 1 nitrogen and oxygen atoms in total. The van der Waals surface area contributed by atoms with Gasteiger partial charge in [0.2, 0.25) is 6.71 Å². The van der Waals surface area contributed by atoms with Crippen LogP contribution in [0, 0.1) is 0 Å². The fourth-order valence-corrected chi connectivity index (χ4v) is 18.1. The second-order valence-electron chi connectivity index (χ2n) is 34.2. The monoisotopic (exact) mass is 1230 g/mol. The summed E-state index contributed by atoms with van der Waals surface area (Å²) in [6.45, 7) is 41.1. The Morgan fingerprint density at radius 1 is 0.387 bits per heavy atom. The minimum absolute atomic E-state index is 0.000502. The van der Waals surface area contributed by atoms with Gasteiger partial charge in [-0.15, -0.1) is 11.3 Å². The molecule has 1 aromatic heterocycles. The summed E-state index contributed by atoms with van der Waals surface area (Å²) < 4.78 is 2.67. The van der Waals surface area contributed by atoms with Crippen molar-refractivity contribution in [3.63, 3.8) is 0 Å². The van der Waals surface area contributed by atoms with Crippen molar-refractivity contribution in [1.82, 2.24) is 0 Å². The molecule has 1 atom stereocenters. The van der Waals surface area contributed by atoms with Crippen molar-refractivity contribution in [3.8, 4) is 22.3 Å². The van der Waals surface area contributed by atoms with Crippen molar-refractivity contribution in [1.29, 1.82) is 0 Å². The molecule has 3 heterocycles. The Morgan fingerprint density at radius 2 is 0.914 bits per heavy atom. The normalized spacial score (nSPS) is 17.6. The van der Waals surface area contributed by atoms with E-state index in [4.69, 9.17) is 0 Å². The molecule has 0 saturated heterocycles. The molecule has 93 heavy (non-hydrogen) atoms. The van der Waals surface area contributed by atoms with Crippen LogP contribution in [-0.4, -0.2) is 6.71 Å². The lowest BCUT2D eigenvalue weighted by Gasteiger charge is -2.48. The van der Waals surface area contributed by atoms with Gasteiger partial charge in [0.05, 0.1) is 0 Å². The van der Waals surface area contributed by atoms with Gasteiger partial charge >= 0.3 is 0 Å². The van der Waals surface area contributed by atoms with E-state index < -0.39 is 0 Å². The van der Waals surface area contributed by atoms with Crippen LogP contribution in [0.5, 0.6) is 0 Å². The average molecular weight is 1230 g/mol. The van der Waals surface area contributed by atoms with Crippen molar-refractivity contribution in [2.24, 2.45) is 0 Å². The third-order valence-electron chi connectivity index (χ3n) is 23.0. The Bertz CT molecular complexity index is 4740. The highest BCUT2D eigenvalue weighted by atomic mass is 32.1. The molecule has 10 aromatic carbocycles. The molecule has 2 aliphatic carbocycles. The fourth-order valence-electron chi connectivity index (χ4n) is 17.0. The van der Waals surface area contributed by atoms with Crippen LogP contribution in [0.3, 0.4) is 0 Å². The number of fused-ring (bicyclic) bond motifs is 9. The number of nitrogens with zero attached hydrogens (tertiary/aromatic N) is 1. The van der Waals surface area contributed by atoms with Gasteiger partial charge in [0.25, 0.3) is 0 Å². The highest BCUT2D eigenvalue weighted by Gasteiger charge is 2.49. The first-order chi connectivity index (χ1) is 43.9. The Balaban J connectivity index is 1.10. The number of anilines is 3. The van der Waals surface area contributed by atoms with E-state index in [1.807, 2.05) is 11.3 Å². The first-order valence-corrected chi connectivity index (χ1v) is 35.6. The molecule has 4 aliphatic rings. The van der Waals surface area contributed by atoms with Gasteiger partial charge in [0.1, 0.15) is 0 Å². The van der Waals surface area contributed by atoms with Crippen LogP contribution in [0.15, 0.2) is 200 Å². The maximum atomic E-state index is 2.80. The Hall–Kier alpha value is -7.72. The molecule has 0 N–H and O–H groups in total.